The van der Waals surface area contributed by atoms with Crippen LogP contribution in [0.5, 0.6) is 0 Å². The van der Waals surface area contributed by atoms with Gasteiger partial charge in [0, 0.05) is 11.8 Å². The Labute approximate surface area is 160 Å². The van der Waals surface area contributed by atoms with E-state index in [0.717, 1.165) is 13.8 Å². The van der Waals surface area contributed by atoms with Crippen molar-refractivity contribution in [1.82, 2.24) is 0 Å². The standard InChI is InChI=1S/C17H21F9O3/c1-4-12(2,15(18,19)20)11(27)29-13(3)7-8-5-9(13)10(6-8)14(28,16(21,22)23)17(24,25)26/h8-10,28H,4-7H2,1-3H3. The van der Waals surface area contributed by atoms with E-state index in [9.17, 15) is 49.4 Å². The maximum absolute atomic E-state index is 13.3. The Kier molecular flexibility index (Phi) is 5.52. The Balaban J connectivity index is 2.40. The zero-order valence-electron chi connectivity index (χ0n) is 15.7. The van der Waals surface area contributed by atoms with E-state index >= 15 is 0 Å². The molecule has 2 fully saturated rings. The first kappa shape index (κ1) is 24.1. The smallest absolute Gasteiger partial charge is 0.426 e. The third-order valence-electron chi connectivity index (χ3n) is 6.65. The van der Waals surface area contributed by atoms with Crippen LogP contribution in [0, 0.1) is 23.2 Å². The second-order valence-electron chi connectivity index (χ2n) is 8.40. The molecule has 3 nitrogen and oxygen atoms in total. The first-order chi connectivity index (χ1) is 12.7. The van der Waals surface area contributed by atoms with Crippen LogP contribution in [-0.4, -0.2) is 40.8 Å². The Morgan fingerprint density at radius 2 is 1.48 bits per heavy atom. The molecule has 0 aliphatic heterocycles. The molecule has 2 aliphatic carbocycles. The highest BCUT2D eigenvalue weighted by Gasteiger charge is 2.78. The van der Waals surface area contributed by atoms with Crippen LogP contribution in [0.25, 0.3) is 0 Å². The fraction of sp³-hybridized carbons (Fsp3) is 0.941. The van der Waals surface area contributed by atoms with Gasteiger partial charge in [-0.3, -0.25) is 4.79 Å². The lowest BCUT2D eigenvalue weighted by Gasteiger charge is -2.46. The molecule has 0 aromatic rings. The molecule has 0 spiro atoms. The summed E-state index contributed by atoms with van der Waals surface area (Å²) in [6.45, 7) is 2.65. The highest BCUT2D eigenvalue weighted by Crippen LogP contribution is 2.63. The number of carbonyl (C=O) groups is 1. The Bertz CT molecular complexity index is 640. The number of hydrogen-bond acceptors (Lipinski definition) is 3. The second kappa shape index (κ2) is 6.65. The van der Waals surface area contributed by atoms with E-state index in [1.165, 1.54) is 0 Å². The SMILES string of the molecule is CCC(C)(C(=O)OC1(C)CC2CC1C(C(O)(C(F)(F)F)C(F)(F)F)C2)C(F)(F)F. The molecule has 2 rings (SSSR count). The van der Waals surface area contributed by atoms with Gasteiger partial charge in [-0.1, -0.05) is 6.92 Å². The topological polar surface area (TPSA) is 46.5 Å². The Morgan fingerprint density at radius 1 is 1.00 bits per heavy atom. The summed E-state index contributed by atoms with van der Waals surface area (Å²) in [5, 5.41) is 9.74. The van der Waals surface area contributed by atoms with Crippen molar-refractivity contribution >= 4 is 5.97 Å². The number of carbonyl (C=O) groups excluding carboxylic acids is 1. The summed E-state index contributed by atoms with van der Waals surface area (Å²) in [4.78, 5) is 12.3. The number of fused-ring (bicyclic) bond motifs is 2. The van der Waals surface area contributed by atoms with E-state index in [0.29, 0.717) is 6.92 Å². The van der Waals surface area contributed by atoms with Crippen LogP contribution in [0.1, 0.15) is 46.5 Å². The molecule has 2 bridgehead atoms. The van der Waals surface area contributed by atoms with Gasteiger partial charge in [-0.25, -0.2) is 0 Å². The van der Waals surface area contributed by atoms with Crippen LogP contribution < -0.4 is 0 Å². The molecule has 0 saturated heterocycles. The summed E-state index contributed by atoms with van der Waals surface area (Å²) in [5.74, 6) is -6.50. The maximum atomic E-state index is 13.3. The highest BCUT2D eigenvalue weighted by atomic mass is 19.4. The average molecular weight is 444 g/mol. The lowest BCUT2D eigenvalue weighted by atomic mass is 9.69. The summed E-state index contributed by atoms with van der Waals surface area (Å²) in [6.07, 6.45) is -18.9. The van der Waals surface area contributed by atoms with Crippen molar-refractivity contribution in [3.05, 3.63) is 0 Å². The van der Waals surface area contributed by atoms with Crippen LogP contribution in [0.3, 0.4) is 0 Å². The van der Waals surface area contributed by atoms with Gasteiger partial charge < -0.3 is 9.84 Å². The van der Waals surface area contributed by atoms with Crippen molar-refractivity contribution in [3.63, 3.8) is 0 Å². The van der Waals surface area contributed by atoms with Crippen molar-refractivity contribution in [2.45, 2.75) is 76.2 Å². The van der Waals surface area contributed by atoms with Gasteiger partial charge in [0.15, 0.2) is 5.41 Å². The van der Waals surface area contributed by atoms with Crippen LogP contribution in [0.2, 0.25) is 0 Å². The summed E-state index contributed by atoms with van der Waals surface area (Å²) in [6, 6.07) is 0. The largest absolute Gasteiger partial charge is 0.458 e. The molecule has 1 N–H and O–H groups in total. The van der Waals surface area contributed by atoms with E-state index < -0.39 is 71.7 Å². The van der Waals surface area contributed by atoms with E-state index in [-0.39, 0.29) is 12.8 Å². The normalized spacial score (nSPS) is 32.9. The lowest BCUT2D eigenvalue weighted by Crippen LogP contribution is -2.65. The van der Waals surface area contributed by atoms with Crippen molar-refractivity contribution in [2.24, 2.45) is 23.2 Å². The molecule has 12 heteroatoms. The van der Waals surface area contributed by atoms with Gasteiger partial charge in [-0.05, 0) is 45.4 Å². The molecule has 0 radical (unpaired) electrons. The monoisotopic (exact) mass is 444 g/mol. The molecule has 0 heterocycles. The highest BCUT2D eigenvalue weighted by molar-refractivity contribution is 5.78. The summed E-state index contributed by atoms with van der Waals surface area (Å²) < 4.78 is 124. The third kappa shape index (κ3) is 3.48. The summed E-state index contributed by atoms with van der Waals surface area (Å²) in [5.41, 5.74) is -10.00. The molecule has 0 amide bonds. The fourth-order valence-corrected chi connectivity index (χ4v) is 4.65. The predicted octanol–water partition coefficient (Wildman–Crippen LogP) is 5.17. The fourth-order valence-electron chi connectivity index (χ4n) is 4.65. The Hall–Kier alpha value is -1.20. The van der Waals surface area contributed by atoms with Crippen LogP contribution in [0.4, 0.5) is 39.5 Å². The van der Waals surface area contributed by atoms with Crippen LogP contribution >= 0.6 is 0 Å². The summed E-state index contributed by atoms with van der Waals surface area (Å²) >= 11 is 0. The van der Waals surface area contributed by atoms with Crippen molar-refractivity contribution in [1.29, 1.82) is 0 Å². The van der Waals surface area contributed by atoms with Gasteiger partial charge in [0.1, 0.15) is 5.60 Å². The molecule has 2 aliphatic rings. The molecule has 2 saturated carbocycles. The van der Waals surface area contributed by atoms with Gasteiger partial charge in [-0.15, -0.1) is 0 Å². The van der Waals surface area contributed by atoms with Crippen LogP contribution in [0.15, 0.2) is 0 Å². The van der Waals surface area contributed by atoms with Crippen molar-refractivity contribution in [2.75, 3.05) is 0 Å². The van der Waals surface area contributed by atoms with Crippen LogP contribution in [-0.2, 0) is 9.53 Å². The molecule has 170 valence electrons. The maximum Gasteiger partial charge on any atom is 0.426 e. The number of halogens is 9. The minimum atomic E-state index is -6.06. The zero-order valence-corrected chi connectivity index (χ0v) is 15.7. The van der Waals surface area contributed by atoms with Gasteiger partial charge in [0.05, 0.1) is 0 Å². The molecule has 5 unspecified atom stereocenters. The number of rotatable bonds is 4. The predicted molar refractivity (Wildman–Crippen MR) is 80.3 cm³/mol. The number of alkyl halides is 9. The third-order valence-corrected chi connectivity index (χ3v) is 6.65. The minimum Gasteiger partial charge on any atom is -0.458 e. The van der Waals surface area contributed by atoms with E-state index in [4.69, 9.17) is 4.74 Å². The first-order valence-electron chi connectivity index (χ1n) is 8.90. The van der Waals surface area contributed by atoms with Gasteiger partial charge in [-0.2, -0.15) is 39.5 Å². The van der Waals surface area contributed by atoms with Gasteiger partial charge in [0.25, 0.3) is 5.60 Å². The molecule has 0 aromatic heterocycles. The average Bonchev–Trinajstić information content (AvgIpc) is 3.06. The Morgan fingerprint density at radius 3 is 1.83 bits per heavy atom. The number of esters is 1. The number of aliphatic hydroxyl groups is 1. The number of hydrogen-bond donors (Lipinski definition) is 1. The number of ether oxygens (including phenoxy) is 1. The molecular weight excluding hydrogens is 423 g/mol. The molecular formula is C17H21F9O3. The summed E-state index contributed by atoms with van der Waals surface area (Å²) in [7, 11) is 0. The van der Waals surface area contributed by atoms with Gasteiger partial charge in [0.2, 0.25) is 0 Å². The minimum absolute atomic E-state index is 0.177. The van der Waals surface area contributed by atoms with E-state index in [1.807, 2.05) is 0 Å². The molecule has 29 heavy (non-hydrogen) atoms. The second-order valence-corrected chi connectivity index (χ2v) is 8.40. The first-order valence-corrected chi connectivity index (χ1v) is 8.90. The van der Waals surface area contributed by atoms with Crippen molar-refractivity contribution < 1.29 is 54.2 Å². The molecule has 0 aromatic carbocycles. The van der Waals surface area contributed by atoms with Gasteiger partial charge >= 0.3 is 24.5 Å². The van der Waals surface area contributed by atoms with E-state index in [1.54, 1.807) is 0 Å². The molecule has 5 atom stereocenters. The quantitative estimate of drug-likeness (QED) is 0.481. The zero-order chi connectivity index (χ0) is 22.8. The van der Waals surface area contributed by atoms with Crippen molar-refractivity contribution in [3.8, 4) is 0 Å². The lowest BCUT2D eigenvalue weighted by molar-refractivity contribution is -0.392. The van der Waals surface area contributed by atoms with E-state index in [2.05, 4.69) is 0 Å².